The van der Waals surface area contributed by atoms with Gasteiger partial charge in [0.15, 0.2) is 0 Å². The van der Waals surface area contributed by atoms with E-state index in [2.05, 4.69) is 17.5 Å². The van der Waals surface area contributed by atoms with Crippen LogP contribution in [-0.2, 0) is 0 Å². The summed E-state index contributed by atoms with van der Waals surface area (Å²) in [6, 6.07) is 0. The van der Waals surface area contributed by atoms with Gasteiger partial charge in [-0.2, -0.15) is 4.39 Å². The van der Waals surface area contributed by atoms with Gasteiger partial charge in [-0.15, -0.1) is 5.10 Å². The van der Waals surface area contributed by atoms with Gasteiger partial charge in [0.05, 0.1) is 0 Å². The number of hydrazone groups is 1. The van der Waals surface area contributed by atoms with E-state index in [0.717, 1.165) is 19.4 Å². The Hall–Kier alpha value is -0.800. The molecule has 0 unspecified atom stereocenters. The molecule has 1 rings (SSSR count). The van der Waals surface area contributed by atoms with Crippen molar-refractivity contribution in [1.82, 2.24) is 10.3 Å². The van der Waals surface area contributed by atoms with Gasteiger partial charge in [-0.3, -0.25) is 5.43 Å². The molecule has 4 heteroatoms. The summed E-state index contributed by atoms with van der Waals surface area (Å²) in [5, 5.41) is 3.40. The first kappa shape index (κ1) is 7.31. The molecule has 1 aliphatic rings. The number of hydrogen-bond donors (Lipinski definition) is 1. The minimum atomic E-state index is -0.381. The number of unbranched alkanes of at least 4 members (excludes halogenated alkanes) is 1. The van der Waals surface area contributed by atoms with Crippen LogP contribution in [0.1, 0.15) is 19.8 Å². The van der Waals surface area contributed by atoms with E-state index in [9.17, 15) is 4.39 Å². The molecule has 0 aromatic carbocycles. The SMILES string of the molecule is CCCCN1CNN=C1F. The molecule has 0 amide bonds. The monoisotopic (exact) mass is 145 g/mol. The molecular formula is C6H12FN3. The molecule has 0 aliphatic carbocycles. The number of amidine groups is 1. The predicted octanol–water partition coefficient (Wildman–Crippen LogP) is 0.890. The molecule has 0 aromatic rings. The van der Waals surface area contributed by atoms with Crippen molar-refractivity contribution >= 4 is 6.09 Å². The Morgan fingerprint density at radius 1 is 1.80 bits per heavy atom. The fourth-order valence-electron chi connectivity index (χ4n) is 0.842. The second kappa shape index (κ2) is 3.39. The zero-order chi connectivity index (χ0) is 7.40. The molecule has 0 bridgehead atoms. The Kier molecular flexibility index (Phi) is 2.48. The number of rotatable bonds is 3. The first-order chi connectivity index (χ1) is 4.84. The highest BCUT2D eigenvalue weighted by molar-refractivity contribution is 5.73. The van der Waals surface area contributed by atoms with E-state index in [1.165, 1.54) is 0 Å². The summed E-state index contributed by atoms with van der Waals surface area (Å²) in [6.45, 7) is 3.36. The average Bonchev–Trinajstić information content (AvgIpc) is 2.31. The second-order valence-electron chi connectivity index (χ2n) is 2.31. The van der Waals surface area contributed by atoms with Crippen molar-refractivity contribution in [1.29, 1.82) is 0 Å². The van der Waals surface area contributed by atoms with Crippen LogP contribution < -0.4 is 5.43 Å². The minimum Gasteiger partial charge on any atom is -0.312 e. The van der Waals surface area contributed by atoms with Crippen LogP contribution >= 0.6 is 0 Å². The quantitative estimate of drug-likeness (QED) is 0.597. The topological polar surface area (TPSA) is 27.6 Å². The maximum atomic E-state index is 12.5. The summed E-state index contributed by atoms with van der Waals surface area (Å²) in [6.07, 6.45) is 1.72. The van der Waals surface area contributed by atoms with Crippen LogP contribution in [0.4, 0.5) is 4.39 Å². The van der Waals surface area contributed by atoms with Gasteiger partial charge in [-0.05, 0) is 6.42 Å². The maximum absolute atomic E-state index is 12.5. The molecule has 1 N–H and O–H groups in total. The normalized spacial score (nSPS) is 17.0. The van der Waals surface area contributed by atoms with Crippen LogP contribution in [0.15, 0.2) is 5.10 Å². The van der Waals surface area contributed by atoms with Gasteiger partial charge in [-0.25, -0.2) is 0 Å². The Balaban J connectivity index is 2.22. The Morgan fingerprint density at radius 2 is 2.60 bits per heavy atom. The van der Waals surface area contributed by atoms with Gasteiger partial charge in [-0.1, -0.05) is 13.3 Å². The lowest BCUT2D eigenvalue weighted by Gasteiger charge is -2.12. The van der Waals surface area contributed by atoms with Crippen molar-refractivity contribution in [3.05, 3.63) is 0 Å². The lowest BCUT2D eigenvalue weighted by Crippen LogP contribution is -2.27. The van der Waals surface area contributed by atoms with Crippen molar-refractivity contribution in [2.75, 3.05) is 13.2 Å². The maximum Gasteiger partial charge on any atom is 0.303 e. The van der Waals surface area contributed by atoms with E-state index in [-0.39, 0.29) is 6.09 Å². The summed E-state index contributed by atoms with van der Waals surface area (Å²) >= 11 is 0. The zero-order valence-electron chi connectivity index (χ0n) is 6.10. The third-order valence-electron chi connectivity index (χ3n) is 1.48. The molecule has 10 heavy (non-hydrogen) atoms. The fourth-order valence-corrected chi connectivity index (χ4v) is 0.842. The molecule has 0 fully saturated rings. The van der Waals surface area contributed by atoms with Gasteiger partial charge < -0.3 is 4.90 Å². The van der Waals surface area contributed by atoms with Crippen LogP contribution in [0.25, 0.3) is 0 Å². The highest BCUT2D eigenvalue weighted by Crippen LogP contribution is 2.00. The molecule has 0 aromatic heterocycles. The van der Waals surface area contributed by atoms with Crippen molar-refractivity contribution in [2.24, 2.45) is 5.10 Å². The van der Waals surface area contributed by atoms with Crippen molar-refractivity contribution < 1.29 is 4.39 Å². The number of nitrogens with zero attached hydrogens (tertiary/aromatic N) is 2. The minimum absolute atomic E-state index is 0.381. The smallest absolute Gasteiger partial charge is 0.303 e. The third-order valence-corrected chi connectivity index (χ3v) is 1.48. The molecule has 0 saturated heterocycles. The number of halogens is 1. The standard InChI is InChI=1S/C6H12FN3/c1-2-3-4-10-5-8-9-6(10)7/h8H,2-5H2,1H3. The zero-order valence-corrected chi connectivity index (χ0v) is 6.10. The van der Waals surface area contributed by atoms with Gasteiger partial charge >= 0.3 is 6.09 Å². The Morgan fingerprint density at radius 3 is 3.10 bits per heavy atom. The predicted molar refractivity (Wildman–Crippen MR) is 38.2 cm³/mol. The average molecular weight is 145 g/mol. The molecule has 3 nitrogen and oxygen atoms in total. The summed E-state index contributed by atoms with van der Waals surface area (Å²) in [7, 11) is 0. The largest absolute Gasteiger partial charge is 0.312 e. The highest BCUT2D eigenvalue weighted by Gasteiger charge is 2.13. The van der Waals surface area contributed by atoms with Gasteiger partial charge in [0, 0.05) is 6.54 Å². The Bertz CT molecular complexity index is 135. The molecule has 58 valence electrons. The van der Waals surface area contributed by atoms with E-state index in [1.54, 1.807) is 4.90 Å². The highest BCUT2D eigenvalue weighted by atomic mass is 19.1. The summed E-state index contributed by atoms with van der Waals surface area (Å²) < 4.78 is 12.5. The summed E-state index contributed by atoms with van der Waals surface area (Å²) in [5.41, 5.74) is 2.57. The van der Waals surface area contributed by atoms with Gasteiger partial charge in [0.2, 0.25) is 0 Å². The number of hydrogen-bond acceptors (Lipinski definition) is 3. The Labute approximate surface area is 59.9 Å². The molecule has 0 radical (unpaired) electrons. The molecule has 1 heterocycles. The van der Waals surface area contributed by atoms with Gasteiger partial charge in [0.1, 0.15) is 6.67 Å². The van der Waals surface area contributed by atoms with Crippen LogP contribution in [0, 0.1) is 0 Å². The van der Waals surface area contributed by atoms with Crippen LogP contribution in [-0.4, -0.2) is 24.2 Å². The summed E-state index contributed by atoms with van der Waals surface area (Å²) in [5.74, 6) is 0. The van der Waals surface area contributed by atoms with E-state index >= 15 is 0 Å². The van der Waals surface area contributed by atoms with Crippen molar-refractivity contribution in [3.8, 4) is 0 Å². The fraction of sp³-hybridized carbons (Fsp3) is 0.833. The molecular weight excluding hydrogens is 133 g/mol. The van der Waals surface area contributed by atoms with E-state index in [4.69, 9.17) is 0 Å². The van der Waals surface area contributed by atoms with Crippen molar-refractivity contribution in [3.63, 3.8) is 0 Å². The van der Waals surface area contributed by atoms with Crippen LogP contribution in [0.2, 0.25) is 0 Å². The lowest BCUT2D eigenvalue weighted by atomic mass is 10.3. The first-order valence-corrected chi connectivity index (χ1v) is 3.55. The van der Waals surface area contributed by atoms with Gasteiger partial charge in [0.25, 0.3) is 0 Å². The van der Waals surface area contributed by atoms with Crippen LogP contribution in [0.5, 0.6) is 0 Å². The second-order valence-corrected chi connectivity index (χ2v) is 2.31. The van der Waals surface area contributed by atoms with E-state index in [0.29, 0.717) is 6.67 Å². The van der Waals surface area contributed by atoms with Crippen molar-refractivity contribution in [2.45, 2.75) is 19.8 Å². The lowest BCUT2D eigenvalue weighted by molar-refractivity contribution is 0.386. The van der Waals surface area contributed by atoms with Crippen LogP contribution in [0.3, 0.4) is 0 Å². The van der Waals surface area contributed by atoms with E-state index in [1.807, 2.05) is 0 Å². The number of nitrogens with one attached hydrogen (secondary N) is 1. The molecule has 0 atom stereocenters. The molecule has 0 saturated carbocycles. The third kappa shape index (κ3) is 1.59. The van der Waals surface area contributed by atoms with E-state index < -0.39 is 0 Å². The molecule has 0 spiro atoms. The molecule has 1 aliphatic heterocycles. The summed E-state index contributed by atoms with van der Waals surface area (Å²) in [4.78, 5) is 1.59. The first-order valence-electron chi connectivity index (χ1n) is 3.55.